The Balaban J connectivity index is 2.53. The van der Waals surface area contributed by atoms with Crippen LogP contribution in [-0.4, -0.2) is 7.11 Å². The van der Waals surface area contributed by atoms with Crippen molar-refractivity contribution in [1.29, 1.82) is 0 Å². The molecular formula is C13H10F2O. The van der Waals surface area contributed by atoms with Crippen LogP contribution >= 0.6 is 0 Å². The van der Waals surface area contributed by atoms with Crippen LogP contribution in [0.5, 0.6) is 5.75 Å². The zero-order chi connectivity index (χ0) is 11.5. The molecule has 0 saturated carbocycles. The maximum atomic E-state index is 13.1. The molecule has 0 fully saturated rings. The smallest absolute Gasteiger partial charge is 0.126 e. The summed E-state index contributed by atoms with van der Waals surface area (Å²) in [7, 11) is 1.51. The fraction of sp³-hybridized carbons (Fsp3) is 0.0769. The van der Waals surface area contributed by atoms with E-state index in [0.717, 1.165) is 5.56 Å². The highest BCUT2D eigenvalue weighted by molar-refractivity contribution is 5.70. The van der Waals surface area contributed by atoms with Crippen LogP contribution in [0.1, 0.15) is 0 Å². The van der Waals surface area contributed by atoms with Gasteiger partial charge in [-0.15, -0.1) is 0 Å². The monoisotopic (exact) mass is 220 g/mol. The van der Waals surface area contributed by atoms with Gasteiger partial charge in [0.25, 0.3) is 0 Å². The second-order valence-corrected chi connectivity index (χ2v) is 3.35. The fourth-order valence-corrected chi connectivity index (χ4v) is 1.54. The van der Waals surface area contributed by atoms with E-state index in [-0.39, 0.29) is 11.6 Å². The molecule has 0 aliphatic carbocycles. The highest BCUT2D eigenvalue weighted by Crippen LogP contribution is 2.30. The summed E-state index contributed by atoms with van der Waals surface area (Å²) in [6.07, 6.45) is 0. The molecule has 2 rings (SSSR count). The molecule has 0 unspecified atom stereocenters. The van der Waals surface area contributed by atoms with Gasteiger partial charge in [-0.25, -0.2) is 8.78 Å². The Morgan fingerprint density at radius 2 is 1.50 bits per heavy atom. The summed E-state index contributed by atoms with van der Waals surface area (Å²) in [5.41, 5.74) is 1.33. The van der Waals surface area contributed by atoms with E-state index in [9.17, 15) is 8.78 Å². The Morgan fingerprint density at radius 1 is 0.875 bits per heavy atom. The minimum absolute atomic E-state index is 0.320. The lowest BCUT2D eigenvalue weighted by Crippen LogP contribution is -1.89. The van der Waals surface area contributed by atoms with Crippen LogP contribution in [0, 0.1) is 11.6 Å². The second kappa shape index (κ2) is 4.31. The number of ether oxygens (including phenoxy) is 1. The molecule has 16 heavy (non-hydrogen) atoms. The largest absolute Gasteiger partial charge is 0.496 e. The molecule has 0 aliphatic rings. The Bertz CT molecular complexity index is 492. The average molecular weight is 220 g/mol. The van der Waals surface area contributed by atoms with Crippen molar-refractivity contribution in [3.8, 4) is 16.9 Å². The molecule has 0 bridgehead atoms. The van der Waals surface area contributed by atoms with Crippen LogP contribution in [-0.2, 0) is 0 Å². The number of hydrogen-bond acceptors (Lipinski definition) is 1. The third kappa shape index (κ3) is 2.03. The van der Waals surface area contributed by atoms with E-state index in [1.807, 2.05) is 0 Å². The molecule has 0 spiro atoms. The number of hydrogen-bond donors (Lipinski definition) is 0. The van der Waals surface area contributed by atoms with Crippen molar-refractivity contribution in [2.75, 3.05) is 7.11 Å². The quantitative estimate of drug-likeness (QED) is 0.750. The summed E-state index contributed by atoms with van der Waals surface area (Å²) in [5.74, 6) is -0.104. The van der Waals surface area contributed by atoms with Gasteiger partial charge in [-0.05, 0) is 35.9 Å². The molecule has 3 heteroatoms. The van der Waals surface area contributed by atoms with Crippen molar-refractivity contribution in [1.82, 2.24) is 0 Å². The van der Waals surface area contributed by atoms with Gasteiger partial charge in [0.15, 0.2) is 0 Å². The van der Waals surface area contributed by atoms with Crippen LogP contribution in [0.25, 0.3) is 11.1 Å². The Kier molecular flexibility index (Phi) is 2.86. The van der Waals surface area contributed by atoms with Crippen LogP contribution in [0.2, 0.25) is 0 Å². The maximum Gasteiger partial charge on any atom is 0.126 e. The van der Waals surface area contributed by atoms with Crippen molar-refractivity contribution in [2.45, 2.75) is 0 Å². The van der Waals surface area contributed by atoms with E-state index in [1.165, 1.54) is 31.4 Å². The first kappa shape index (κ1) is 10.6. The molecule has 0 saturated heterocycles. The zero-order valence-corrected chi connectivity index (χ0v) is 8.71. The van der Waals surface area contributed by atoms with Crippen LogP contribution in [0.3, 0.4) is 0 Å². The standard InChI is InChI=1S/C13H10F2O/c1-16-13-7-6-11(15)8-12(13)9-2-4-10(14)5-3-9/h2-8H,1H3. The first-order valence-corrected chi connectivity index (χ1v) is 4.80. The van der Waals surface area contributed by atoms with Crippen LogP contribution < -0.4 is 4.74 Å². The van der Waals surface area contributed by atoms with Crippen molar-refractivity contribution in [2.24, 2.45) is 0 Å². The molecule has 0 aromatic heterocycles. The van der Waals surface area contributed by atoms with E-state index in [0.29, 0.717) is 11.3 Å². The summed E-state index contributed by atoms with van der Waals surface area (Å²) >= 11 is 0. The lowest BCUT2D eigenvalue weighted by Gasteiger charge is -2.08. The van der Waals surface area contributed by atoms with E-state index in [2.05, 4.69) is 0 Å². The highest BCUT2D eigenvalue weighted by atomic mass is 19.1. The summed E-state index contributed by atoms with van der Waals surface area (Å²) < 4.78 is 31.0. The number of halogens is 2. The SMILES string of the molecule is COc1ccc(F)cc1-c1ccc(F)cc1. The van der Waals surface area contributed by atoms with Gasteiger partial charge in [-0.1, -0.05) is 12.1 Å². The van der Waals surface area contributed by atoms with Gasteiger partial charge < -0.3 is 4.74 Å². The first-order chi connectivity index (χ1) is 7.70. The minimum atomic E-state index is -0.347. The van der Waals surface area contributed by atoms with E-state index in [4.69, 9.17) is 4.74 Å². The molecule has 2 aromatic rings. The third-order valence-electron chi connectivity index (χ3n) is 2.32. The van der Waals surface area contributed by atoms with Gasteiger partial charge in [0, 0.05) is 5.56 Å². The summed E-state index contributed by atoms with van der Waals surface area (Å²) in [6, 6.07) is 10.1. The highest BCUT2D eigenvalue weighted by Gasteiger charge is 2.07. The molecule has 0 amide bonds. The van der Waals surface area contributed by atoms with Gasteiger partial charge in [0.1, 0.15) is 17.4 Å². The maximum absolute atomic E-state index is 13.1. The number of benzene rings is 2. The molecule has 0 heterocycles. The molecule has 0 N–H and O–H groups in total. The molecule has 82 valence electrons. The van der Waals surface area contributed by atoms with E-state index in [1.54, 1.807) is 18.2 Å². The van der Waals surface area contributed by atoms with Crippen LogP contribution in [0.4, 0.5) is 8.78 Å². The molecule has 2 aromatic carbocycles. The lowest BCUT2D eigenvalue weighted by molar-refractivity contribution is 0.415. The second-order valence-electron chi connectivity index (χ2n) is 3.35. The van der Waals surface area contributed by atoms with E-state index >= 15 is 0 Å². The summed E-state index contributed by atoms with van der Waals surface area (Å²) in [6.45, 7) is 0. The fourth-order valence-electron chi connectivity index (χ4n) is 1.54. The van der Waals surface area contributed by atoms with Gasteiger partial charge >= 0.3 is 0 Å². The Labute approximate surface area is 92.3 Å². The Hall–Kier alpha value is -1.90. The topological polar surface area (TPSA) is 9.23 Å². The van der Waals surface area contributed by atoms with Gasteiger partial charge in [0.05, 0.1) is 7.11 Å². The average Bonchev–Trinajstić information content (AvgIpc) is 2.30. The van der Waals surface area contributed by atoms with Gasteiger partial charge in [0.2, 0.25) is 0 Å². The molecule has 0 atom stereocenters. The predicted molar refractivity (Wildman–Crippen MR) is 58.3 cm³/mol. The number of methoxy groups -OCH3 is 1. The Morgan fingerprint density at radius 3 is 2.12 bits per heavy atom. The molecular weight excluding hydrogens is 210 g/mol. The molecule has 0 aliphatic heterocycles. The predicted octanol–water partition coefficient (Wildman–Crippen LogP) is 3.64. The first-order valence-electron chi connectivity index (χ1n) is 4.80. The summed E-state index contributed by atoms with van der Waals surface area (Å²) in [4.78, 5) is 0. The third-order valence-corrected chi connectivity index (χ3v) is 2.32. The van der Waals surface area contributed by atoms with Crippen molar-refractivity contribution in [3.05, 3.63) is 54.1 Å². The van der Waals surface area contributed by atoms with Crippen molar-refractivity contribution < 1.29 is 13.5 Å². The van der Waals surface area contributed by atoms with Gasteiger partial charge in [-0.2, -0.15) is 0 Å². The normalized spacial score (nSPS) is 10.2. The summed E-state index contributed by atoms with van der Waals surface area (Å²) in [5, 5.41) is 0. The van der Waals surface area contributed by atoms with E-state index < -0.39 is 0 Å². The van der Waals surface area contributed by atoms with Gasteiger partial charge in [-0.3, -0.25) is 0 Å². The zero-order valence-electron chi connectivity index (χ0n) is 8.71. The van der Waals surface area contributed by atoms with Crippen molar-refractivity contribution in [3.63, 3.8) is 0 Å². The number of rotatable bonds is 2. The molecule has 0 radical (unpaired) electrons. The molecule has 1 nitrogen and oxygen atoms in total. The minimum Gasteiger partial charge on any atom is -0.496 e. The van der Waals surface area contributed by atoms with Crippen LogP contribution in [0.15, 0.2) is 42.5 Å². The van der Waals surface area contributed by atoms with Crippen molar-refractivity contribution >= 4 is 0 Å². The lowest BCUT2D eigenvalue weighted by atomic mass is 10.0.